The lowest BCUT2D eigenvalue weighted by Gasteiger charge is -2.20. The van der Waals surface area contributed by atoms with E-state index < -0.39 is 16.3 Å². The maximum atomic E-state index is 11.6. The van der Waals surface area contributed by atoms with Gasteiger partial charge in [0.25, 0.3) is 0 Å². The number of carboxylic acids is 1. The number of hydrogen-bond donors (Lipinski definition) is 2. The monoisotopic (exact) mass is 368 g/mol. The molecule has 0 unspecified atom stereocenters. The first-order valence-corrected chi connectivity index (χ1v) is 8.15. The second-order valence-corrected chi connectivity index (χ2v) is 6.54. The number of anilines is 2. The molecule has 0 aliphatic heterocycles. The first-order valence-electron chi connectivity index (χ1n) is 5.12. The summed E-state index contributed by atoms with van der Waals surface area (Å²) in [6.07, 6.45) is 0. The van der Waals surface area contributed by atoms with E-state index >= 15 is 0 Å². The zero-order chi connectivity index (χ0) is 15.8. The largest absolute Gasteiger partial charge is 0.476 e. The molecular formula is C10H6Cl2N2O5S2. The van der Waals surface area contributed by atoms with E-state index in [1.54, 1.807) is 0 Å². The van der Waals surface area contributed by atoms with Gasteiger partial charge in [0.15, 0.2) is 5.69 Å². The molecule has 1 aromatic heterocycles. The summed E-state index contributed by atoms with van der Waals surface area (Å²) >= 11 is 12.5. The summed E-state index contributed by atoms with van der Waals surface area (Å²) in [6, 6.07) is 4.22. The fourth-order valence-electron chi connectivity index (χ4n) is 1.45. The van der Waals surface area contributed by atoms with Crippen molar-refractivity contribution in [2.45, 2.75) is 0 Å². The maximum absolute atomic E-state index is 11.6. The van der Waals surface area contributed by atoms with Gasteiger partial charge in [0.2, 0.25) is 5.13 Å². The topological polar surface area (TPSA) is 108 Å². The normalized spacial score (nSPS) is 11.4. The Kier molecular flexibility index (Phi) is 4.40. The molecule has 0 aliphatic carbocycles. The molecule has 2 rings (SSSR count). The molecule has 0 bridgehead atoms. The standard InChI is InChI=1S/C10H6Cl2N2O5S2/c11-5-2-1-3-6(12)8(5)14(21(17,18)19)10-13-7(4-20-10)9(15)16/h1-4H,(H,15,16)(H,17,18,19). The number of nitrogens with zero attached hydrogens (tertiary/aromatic N) is 2. The molecule has 0 atom stereocenters. The SMILES string of the molecule is O=C(O)c1csc(N(c2c(Cl)cccc2Cl)S(=O)(=O)O)n1. The van der Waals surface area contributed by atoms with Crippen LogP contribution in [0, 0.1) is 0 Å². The Morgan fingerprint density at radius 1 is 1.29 bits per heavy atom. The number of halogens is 2. The van der Waals surface area contributed by atoms with Gasteiger partial charge < -0.3 is 5.11 Å². The van der Waals surface area contributed by atoms with Crippen LogP contribution in [0.3, 0.4) is 0 Å². The molecule has 0 amide bonds. The quantitative estimate of drug-likeness (QED) is 0.802. The summed E-state index contributed by atoms with van der Waals surface area (Å²) in [5.41, 5.74) is -0.582. The molecular weight excluding hydrogens is 363 g/mol. The van der Waals surface area contributed by atoms with Crippen LogP contribution in [-0.2, 0) is 10.3 Å². The van der Waals surface area contributed by atoms with Crippen molar-refractivity contribution in [2.75, 3.05) is 4.31 Å². The molecule has 0 spiro atoms. The summed E-state index contributed by atoms with van der Waals surface area (Å²) in [6.45, 7) is 0. The van der Waals surface area contributed by atoms with Gasteiger partial charge in [-0.15, -0.1) is 11.3 Å². The van der Waals surface area contributed by atoms with E-state index in [9.17, 15) is 17.8 Å². The summed E-state index contributed by atoms with van der Waals surface area (Å²) < 4.78 is 33.0. The van der Waals surface area contributed by atoms with Crippen molar-refractivity contribution in [3.63, 3.8) is 0 Å². The van der Waals surface area contributed by atoms with E-state index in [2.05, 4.69) is 4.98 Å². The number of carboxylic acid groups (broad SMARTS) is 1. The van der Waals surface area contributed by atoms with Crippen LogP contribution in [0.2, 0.25) is 10.0 Å². The van der Waals surface area contributed by atoms with Crippen LogP contribution in [0.15, 0.2) is 23.6 Å². The Morgan fingerprint density at radius 2 is 1.86 bits per heavy atom. The van der Waals surface area contributed by atoms with Gasteiger partial charge in [0.1, 0.15) is 0 Å². The average molecular weight is 369 g/mol. The van der Waals surface area contributed by atoms with Gasteiger partial charge in [-0.3, -0.25) is 4.55 Å². The molecule has 7 nitrogen and oxygen atoms in total. The molecule has 0 aliphatic rings. The van der Waals surface area contributed by atoms with Crippen LogP contribution in [0.1, 0.15) is 10.5 Å². The lowest BCUT2D eigenvalue weighted by Crippen LogP contribution is -2.25. The van der Waals surface area contributed by atoms with E-state index in [0.717, 1.165) is 5.38 Å². The Bertz CT molecular complexity index is 785. The molecule has 0 saturated heterocycles. The summed E-state index contributed by atoms with van der Waals surface area (Å²) in [5.74, 6) is -1.34. The van der Waals surface area contributed by atoms with E-state index in [0.29, 0.717) is 15.6 Å². The van der Waals surface area contributed by atoms with E-state index in [1.165, 1.54) is 18.2 Å². The highest BCUT2D eigenvalue weighted by Gasteiger charge is 2.29. The first kappa shape index (κ1) is 16.0. The summed E-state index contributed by atoms with van der Waals surface area (Å²) in [5, 5.41) is 9.55. The van der Waals surface area contributed by atoms with Crippen molar-refractivity contribution in [1.82, 2.24) is 4.98 Å². The number of thiazole rings is 1. The van der Waals surface area contributed by atoms with Crippen LogP contribution in [0.25, 0.3) is 0 Å². The van der Waals surface area contributed by atoms with E-state index in [-0.39, 0.29) is 26.6 Å². The Labute approximate surface area is 133 Å². The van der Waals surface area contributed by atoms with Gasteiger partial charge >= 0.3 is 16.3 Å². The third-order valence-corrected chi connectivity index (χ3v) is 4.62. The predicted molar refractivity (Wildman–Crippen MR) is 79.2 cm³/mol. The van der Waals surface area contributed by atoms with Crippen molar-refractivity contribution in [3.8, 4) is 0 Å². The van der Waals surface area contributed by atoms with E-state index in [1.807, 2.05) is 0 Å². The molecule has 112 valence electrons. The van der Waals surface area contributed by atoms with Crippen molar-refractivity contribution in [1.29, 1.82) is 0 Å². The minimum atomic E-state index is -4.81. The number of rotatable bonds is 4. The molecule has 21 heavy (non-hydrogen) atoms. The van der Waals surface area contributed by atoms with Crippen LogP contribution >= 0.6 is 34.5 Å². The van der Waals surface area contributed by atoms with Crippen LogP contribution < -0.4 is 4.31 Å². The van der Waals surface area contributed by atoms with Gasteiger partial charge in [0.05, 0.1) is 15.7 Å². The van der Waals surface area contributed by atoms with Crippen molar-refractivity contribution in [3.05, 3.63) is 39.3 Å². The fraction of sp³-hybridized carbons (Fsp3) is 0. The van der Waals surface area contributed by atoms with Crippen LogP contribution in [0.4, 0.5) is 10.8 Å². The minimum absolute atomic E-state index is 0.0489. The van der Waals surface area contributed by atoms with Crippen LogP contribution in [0.5, 0.6) is 0 Å². The molecule has 1 heterocycles. The molecule has 0 saturated carbocycles. The molecule has 0 fully saturated rings. The van der Waals surface area contributed by atoms with Crippen molar-refractivity contribution in [2.24, 2.45) is 0 Å². The third kappa shape index (κ3) is 3.27. The lowest BCUT2D eigenvalue weighted by molar-refractivity contribution is 0.0691. The van der Waals surface area contributed by atoms with Gasteiger partial charge in [-0.05, 0) is 12.1 Å². The maximum Gasteiger partial charge on any atom is 0.366 e. The Morgan fingerprint density at radius 3 is 2.29 bits per heavy atom. The first-order chi connectivity index (χ1) is 9.71. The van der Waals surface area contributed by atoms with Crippen LogP contribution in [-0.4, -0.2) is 29.0 Å². The minimum Gasteiger partial charge on any atom is -0.476 e. The molecule has 11 heteroatoms. The van der Waals surface area contributed by atoms with Gasteiger partial charge in [-0.1, -0.05) is 29.3 Å². The molecule has 0 radical (unpaired) electrons. The highest BCUT2D eigenvalue weighted by molar-refractivity contribution is 7.87. The number of para-hydroxylation sites is 1. The molecule has 2 N–H and O–H groups in total. The zero-order valence-corrected chi connectivity index (χ0v) is 13.0. The smallest absolute Gasteiger partial charge is 0.366 e. The number of aromatic nitrogens is 1. The fourth-order valence-corrected chi connectivity index (χ4v) is 3.90. The summed E-state index contributed by atoms with van der Waals surface area (Å²) in [4.78, 5) is 14.4. The second kappa shape index (κ2) is 5.78. The lowest BCUT2D eigenvalue weighted by atomic mass is 10.3. The summed E-state index contributed by atoms with van der Waals surface area (Å²) in [7, 11) is -4.81. The average Bonchev–Trinajstić information content (AvgIpc) is 2.81. The number of benzene rings is 1. The van der Waals surface area contributed by atoms with Gasteiger partial charge in [0, 0.05) is 5.38 Å². The number of aromatic carboxylic acids is 1. The zero-order valence-electron chi connectivity index (χ0n) is 9.90. The van der Waals surface area contributed by atoms with Gasteiger partial charge in [-0.2, -0.15) is 12.7 Å². The van der Waals surface area contributed by atoms with E-state index in [4.69, 9.17) is 28.3 Å². The highest BCUT2D eigenvalue weighted by Crippen LogP contribution is 2.40. The third-order valence-electron chi connectivity index (χ3n) is 2.26. The van der Waals surface area contributed by atoms with Gasteiger partial charge in [-0.25, -0.2) is 9.78 Å². The predicted octanol–water partition coefficient (Wildman–Crippen LogP) is 3.09. The van der Waals surface area contributed by atoms with Crippen molar-refractivity contribution < 1.29 is 22.9 Å². The van der Waals surface area contributed by atoms with Crippen molar-refractivity contribution >= 4 is 61.6 Å². The highest BCUT2D eigenvalue weighted by atomic mass is 35.5. The Hall–Kier alpha value is -1.39. The molecule has 2 aromatic rings. The Balaban J connectivity index is 2.67. The number of carbonyl (C=O) groups is 1. The molecule has 1 aromatic carbocycles. The second-order valence-electron chi connectivity index (χ2n) is 3.63. The number of hydrogen-bond acceptors (Lipinski definition) is 5.